The van der Waals surface area contributed by atoms with Crippen LogP contribution >= 0.6 is 11.6 Å². The highest BCUT2D eigenvalue weighted by Gasteiger charge is 2.28. The fraction of sp³-hybridized carbons (Fsp3) is 0.105. The molecule has 0 aliphatic carbocycles. The summed E-state index contributed by atoms with van der Waals surface area (Å²) in [6.07, 6.45) is 0.446. The van der Waals surface area contributed by atoms with Crippen LogP contribution in [0.25, 0.3) is 10.8 Å². The molecule has 1 atom stereocenters. The monoisotopic (exact) mass is 307 g/mol. The van der Waals surface area contributed by atoms with Crippen molar-refractivity contribution in [3.05, 3.63) is 76.8 Å². The molecule has 0 aromatic heterocycles. The second kappa shape index (κ2) is 5.15. The summed E-state index contributed by atoms with van der Waals surface area (Å²) in [6, 6.07) is 20.1. The molecule has 0 saturated carbocycles. The first-order chi connectivity index (χ1) is 10.7. The van der Waals surface area contributed by atoms with E-state index in [9.17, 15) is 4.79 Å². The zero-order chi connectivity index (χ0) is 15.1. The van der Waals surface area contributed by atoms with Crippen LogP contribution in [0, 0.1) is 0 Å². The molecular weight excluding hydrogens is 294 g/mol. The van der Waals surface area contributed by atoms with Gasteiger partial charge in [0.25, 0.3) is 0 Å². The van der Waals surface area contributed by atoms with E-state index >= 15 is 0 Å². The second-order valence-electron chi connectivity index (χ2n) is 5.61. The highest BCUT2D eigenvalue weighted by Crippen LogP contribution is 2.41. The molecular formula is C19H14ClNO. The number of nitrogens with one attached hydrogen (secondary N) is 1. The maximum atomic E-state index is 12.1. The smallest absolute Gasteiger partial charge is 0.225 e. The first kappa shape index (κ1) is 13.4. The fourth-order valence-electron chi connectivity index (χ4n) is 3.28. The van der Waals surface area contributed by atoms with Crippen LogP contribution in [0.1, 0.15) is 23.5 Å². The van der Waals surface area contributed by atoms with Gasteiger partial charge in [0.05, 0.1) is 0 Å². The number of hydrogen-bond donors (Lipinski definition) is 1. The summed E-state index contributed by atoms with van der Waals surface area (Å²) in [7, 11) is 0. The van der Waals surface area contributed by atoms with Gasteiger partial charge in [0, 0.05) is 23.0 Å². The Labute approximate surface area is 133 Å². The number of amides is 1. The number of rotatable bonds is 1. The normalized spacial score (nSPS) is 17.1. The first-order valence-corrected chi connectivity index (χ1v) is 7.67. The second-order valence-corrected chi connectivity index (χ2v) is 6.04. The summed E-state index contributed by atoms with van der Waals surface area (Å²) in [5.74, 6) is 0.0845. The van der Waals surface area contributed by atoms with Gasteiger partial charge in [0.2, 0.25) is 5.91 Å². The number of carbonyl (C=O) groups excluding carboxylic acids is 1. The Kier molecular flexibility index (Phi) is 3.12. The van der Waals surface area contributed by atoms with Gasteiger partial charge in [-0.15, -0.1) is 0 Å². The molecule has 2 nitrogen and oxygen atoms in total. The lowest BCUT2D eigenvalue weighted by molar-refractivity contribution is -0.116. The van der Waals surface area contributed by atoms with Crippen molar-refractivity contribution in [1.29, 1.82) is 0 Å². The average Bonchev–Trinajstić information content (AvgIpc) is 2.53. The summed E-state index contributed by atoms with van der Waals surface area (Å²) in [4.78, 5) is 12.1. The summed E-state index contributed by atoms with van der Waals surface area (Å²) < 4.78 is 0. The molecule has 1 unspecified atom stereocenters. The quantitative estimate of drug-likeness (QED) is 0.676. The minimum Gasteiger partial charge on any atom is -0.326 e. The molecule has 3 heteroatoms. The van der Waals surface area contributed by atoms with Crippen molar-refractivity contribution in [3.63, 3.8) is 0 Å². The number of anilines is 1. The molecule has 1 aliphatic heterocycles. The molecule has 108 valence electrons. The maximum absolute atomic E-state index is 12.1. The number of fused-ring (bicyclic) bond motifs is 3. The molecule has 3 aromatic rings. The van der Waals surface area contributed by atoms with Crippen molar-refractivity contribution < 1.29 is 4.79 Å². The summed E-state index contributed by atoms with van der Waals surface area (Å²) in [5.41, 5.74) is 3.17. The molecule has 3 aromatic carbocycles. The van der Waals surface area contributed by atoms with Crippen molar-refractivity contribution in [2.45, 2.75) is 12.3 Å². The zero-order valence-electron chi connectivity index (χ0n) is 11.8. The van der Waals surface area contributed by atoms with Crippen LogP contribution in [0.4, 0.5) is 5.69 Å². The lowest BCUT2D eigenvalue weighted by Crippen LogP contribution is -2.23. The average molecular weight is 308 g/mol. The Morgan fingerprint density at radius 3 is 2.73 bits per heavy atom. The minimum atomic E-state index is 0.0357. The minimum absolute atomic E-state index is 0.0357. The Balaban J connectivity index is 1.99. The van der Waals surface area contributed by atoms with Gasteiger partial charge in [-0.05, 0) is 40.1 Å². The topological polar surface area (TPSA) is 29.1 Å². The molecule has 1 heterocycles. The zero-order valence-corrected chi connectivity index (χ0v) is 12.6. The van der Waals surface area contributed by atoms with E-state index in [1.165, 1.54) is 16.3 Å². The number of hydrogen-bond acceptors (Lipinski definition) is 1. The van der Waals surface area contributed by atoms with Crippen LogP contribution in [-0.2, 0) is 4.79 Å². The molecule has 1 N–H and O–H groups in total. The van der Waals surface area contributed by atoms with Crippen molar-refractivity contribution in [2.75, 3.05) is 5.32 Å². The Bertz CT molecular complexity index is 887. The summed E-state index contributed by atoms with van der Waals surface area (Å²) in [6.45, 7) is 0. The summed E-state index contributed by atoms with van der Waals surface area (Å²) >= 11 is 6.15. The highest BCUT2D eigenvalue weighted by molar-refractivity contribution is 6.30. The molecule has 0 spiro atoms. The molecule has 1 aliphatic rings. The van der Waals surface area contributed by atoms with E-state index < -0.39 is 0 Å². The van der Waals surface area contributed by atoms with Gasteiger partial charge in [-0.25, -0.2) is 0 Å². The van der Waals surface area contributed by atoms with Crippen LogP contribution in [0.5, 0.6) is 0 Å². The van der Waals surface area contributed by atoms with E-state index in [0.717, 1.165) is 11.3 Å². The van der Waals surface area contributed by atoms with Gasteiger partial charge < -0.3 is 5.32 Å². The van der Waals surface area contributed by atoms with E-state index in [1.807, 2.05) is 42.5 Å². The molecule has 0 bridgehead atoms. The number of halogens is 1. The predicted molar refractivity (Wildman–Crippen MR) is 90.5 cm³/mol. The van der Waals surface area contributed by atoms with Gasteiger partial charge in [0.1, 0.15) is 0 Å². The number of benzene rings is 3. The molecule has 1 amide bonds. The Morgan fingerprint density at radius 1 is 1.00 bits per heavy atom. The van der Waals surface area contributed by atoms with Crippen molar-refractivity contribution >= 4 is 34.0 Å². The maximum Gasteiger partial charge on any atom is 0.225 e. The van der Waals surface area contributed by atoms with Crippen LogP contribution in [0.15, 0.2) is 60.7 Å². The lowest BCUT2D eigenvalue weighted by Gasteiger charge is -2.27. The van der Waals surface area contributed by atoms with Crippen LogP contribution in [0.2, 0.25) is 5.02 Å². The van der Waals surface area contributed by atoms with Gasteiger partial charge in [-0.2, -0.15) is 0 Å². The van der Waals surface area contributed by atoms with Crippen LogP contribution < -0.4 is 5.32 Å². The van der Waals surface area contributed by atoms with E-state index in [-0.39, 0.29) is 11.8 Å². The van der Waals surface area contributed by atoms with E-state index in [0.29, 0.717) is 11.4 Å². The van der Waals surface area contributed by atoms with E-state index in [4.69, 9.17) is 11.6 Å². The molecule has 22 heavy (non-hydrogen) atoms. The molecule has 4 rings (SSSR count). The van der Waals surface area contributed by atoms with E-state index in [1.54, 1.807) is 0 Å². The summed E-state index contributed by atoms with van der Waals surface area (Å²) in [5, 5.41) is 6.06. The SMILES string of the molecule is O=C1CC(c2cccc(Cl)c2)c2c(ccc3ccccc23)N1. The Morgan fingerprint density at radius 2 is 1.86 bits per heavy atom. The third-order valence-electron chi connectivity index (χ3n) is 4.23. The standard InChI is InChI=1S/C19H14ClNO/c20-14-6-3-5-13(10-14)16-11-18(22)21-17-9-8-12-4-1-2-7-15(12)19(16)17/h1-10,16H,11H2,(H,21,22). The van der Waals surface area contributed by atoms with Crippen molar-refractivity contribution in [1.82, 2.24) is 0 Å². The third kappa shape index (κ3) is 2.16. The Hall–Kier alpha value is -2.32. The van der Waals surface area contributed by atoms with Gasteiger partial charge >= 0.3 is 0 Å². The largest absolute Gasteiger partial charge is 0.326 e. The highest BCUT2D eigenvalue weighted by atomic mass is 35.5. The van der Waals surface area contributed by atoms with E-state index in [2.05, 4.69) is 23.5 Å². The van der Waals surface area contributed by atoms with Gasteiger partial charge in [-0.1, -0.05) is 54.1 Å². The molecule has 0 radical (unpaired) electrons. The first-order valence-electron chi connectivity index (χ1n) is 7.29. The van der Waals surface area contributed by atoms with Crippen molar-refractivity contribution in [3.8, 4) is 0 Å². The predicted octanol–water partition coefficient (Wildman–Crippen LogP) is 4.97. The van der Waals surface area contributed by atoms with Crippen molar-refractivity contribution in [2.24, 2.45) is 0 Å². The molecule has 0 fully saturated rings. The van der Waals surface area contributed by atoms with Crippen LogP contribution in [0.3, 0.4) is 0 Å². The van der Waals surface area contributed by atoms with Gasteiger partial charge in [-0.3, -0.25) is 4.79 Å². The third-order valence-corrected chi connectivity index (χ3v) is 4.47. The number of carbonyl (C=O) groups is 1. The fourth-order valence-corrected chi connectivity index (χ4v) is 3.48. The lowest BCUT2D eigenvalue weighted by atomic mass is 9.82. The van der Waals surface area contributed by atoms with Gasteiger partial charge in [0.15, 0.2) is 0 Å². The van der Waals surface area contributed by atoms with Crippen LogP contribution in [-0.4, -0.2) is 5.91 Å². The molecule has 0 saturated heterocycles.